The van der Waals surface area contributed by atoms with E-state index in [1.165, 1.54) is 7.11 Å². The summed E-state index contributed by atoms with van der Waals surface area (Å²) in [4.78, 5) is 10.6. The molecule has 5 heteroatoms. The van der Waals surface area contributed by atoms with Crippen molar-refractivity contribution in [3.05, 3.63) is 0 Å². The molecule has 0 aromatic heterocycles. The maximum absolute atomic E-state index is 10.6. The number of aliphatic hydroxyl groups is 1. The predicted octanol–water partition coefficient (Wildman–Crippen LogP) is -0.687. The number of nitrogens with one attached hydrogen (secondary N) is 2. The zero-order valence-electron chi connectivity index (χ0n) is 7.46. The quantitative estimate of drug-likeness (QED) is 0.519. The molecule has 0 aliphatic heterocycles. The minimum absolute atomic E-state index is 0.236. The molecule has 12 heavy (non-hydrogen) atoms. The molecule has 0 aromatic carbocycles. The van der Waals surface area contributed by atoms with Gasteiger partial charge in [0.1, 0.15) is 0 Å². The van der Waals surface area contributed by atoms with Gasteiger partial charge in [-0.1, -0.05) is 0 Å². The number of hydrogen-bond donors (Lipinski definition) is 3. The van der Waals surface area contributed by atoms with Gasteiger partial charge in [0.2, 0.25) is 0 Å². The summed E-state index contributed by atoms with van der Waals surface area (Å²) in [5.41, 5.74) is 0. The van der Waals surface area contributed by atoms with E-state index < -0.39 is 6.10 Å². The second kappa shape index (κ2) is 6.87. The first kappa shape index (κ1) is 11.2. The van der Waals surface area contributed by atoms with E-state index in [4.69, 9.17) is 9.84 Å². The fourth-order valence-electron chi connectivity index (χ4n) is 0.716. The SMILES string of the molecule is CNC(=O)NCCC(O)COC. The van der Waals surface area contributed by atoms with E-state index in [1.807, 2.05) is 0 Å². The topological polar surface area (TPSA) is 70.6 Å². The van der Waals surface area contributed by atoms with Crippen LogP contribution in [0.1, 0.15) is 6.42 Å². The van der Waals surface area contributed by atoms with Gasteiger partial charge in [-0.25, -0.2) is 4.79 Å². The average molecular weight is 176 g/mol. The summed E-state index contributed by atoms with van der Waals surface area (Å²) in [6, 6.07) is -0.236. The Hall–Kier alpha value is -0.810. The van der Waals surface area contributed by atoms with Crippen LogP contribution in [0.4, 0.5) is 4.79 Å². The molecule has 0 fully saturated rings. The van der Waals surface area contributed by atoms with E-state index in [9.17, 15) is 4.79 Å². The molecular formula is C7H16N2O3. The number of amides is 2. The highest BCUT2D eigenvalue weighted by Crippen LogP contribution is 1.89. The highest BCUT2D eigenvalue weighted by Gasteiger charge is 2.03. The summed E-state index contributed by atoms with van der Waals surface area (Å²) >= 11 is 0. The lowest BCUT2D eigenvalue weighted by Gasteiger charge is -2.09. The molecule has 0 rings (SSSR count). The van der Waals surface area contributed by atoms with Gasteiger partial charge >= 0.3 is 6.03 Å². The minimum Gasteiger partial charge on any atom is -0.391 e. The lowest BCUT2D eigenvalue weighted by Crippen LogP contribution is -2.35. The Morgan fingerprint density at radius 1 is 1.67 bits per heavy atom. The summed E-state index contributed by atoms with van der Waals surface area (Å²) in [6.07, 6.45) is -0.00601. The summed E-state index contributed by atoms with van der Waals surface area (Å²) in [7, 11) is 3.07. The van der Waals surface area contributed by atoms with Gasteiger partial charge in [-0.15, -0.1) is 0 Å². The standard InChI is InChI=1S/C7H16N2O3/c1-8-7(11)9-4-3-6(10)5-12-2/h6,10H,3-5H2,1-2H3,(H2,8,9,11). The van der Waals surface area contributed by atoms with Crippen LogP contribution in [0.2, 0.25) is 0 Å². The van der Waals surface area contributed by atoms with E-state index in [0.29, 0.717) is 19.6 Å². The Morgan fingerprint density at radius 2 is 2.33 bits per heavy atom. The first-order valence-electron chi connectivity index (χ1n) is 3.83. The number of aliphatic hydroxyl groups excluding tert-OH is 1. The third-order valence-electron chi connectivity index (χ3n) is 1.35. The Morgan fingerprint density at radius 3 is 2.83 bits per heavy atom. The largest absolute Gasteiger partial charge is 0.391 e. The molecular weight excluding hydrogens is 160 g/mol. The first-order chi connectivity index (χ1) is 5.70. The smallest absolute Gasteiger partial charge is 0.314 e. The molecule has 0 saturated heterocycles. The number of rotatable bonds is 5. The lowest BCUT2D eigenvalue weighted by molar-refractivity contribution is 0.0599. The molecule has 3 N–H and O–H groups in total. The lowest BCUT2D eigenvalue weighted by atomic mass is 10.3. The second-order valence-corrected chi connectivity index (χ2v) is 2.40. The van der Waals surface area contributed by atoms with Crippen molar-refractivity contribution in [3.8, 4) is 0 Å². The van der Waals surface area contributed by atoms with Crippen LogP contribution < -0.4 is 10.6 Å². The molecule has 0 saturated carbocycles. The summed E-state index contributed by atoms with van der Waals surface area (Å²) in [6.45, 7) is 0.750. The van der Waals surface area contributed by atoms with Crippen molar-refractivity contribution in [2.24, 2.45) is 0 Å². The molecule has 5 nitrogen and oxygen atoms in total. The summed E-state index contributed by atoms with van der Waals surface area (Å²) in [5, 5.41) is 14.1. The van der Waals surface area contributed by atoms with Gasteiger partial charge in [0.05, 0.1) is 12.7 Å². The highest BCUT2D eigenvalue weighted by molar-refractivity contribution is 5.73. The van der Waals surface area contributed by atoms with Crippen molar-refractivity contribution in [2.45, 2.75) is 12.5 Å². The second-order valence-electron chi connectivity index (χ2n) is 2.40. The fourth-order valence-corrected chi connectivity index (χ4v) is 0.716. The Kier molecular flexibility index (Phi) is 6.41. The van der Waals surface area contributed by atoms with Gasteiger partial charge < -0.3 is 20.5 Å². The highest BCUT2D eigenvalue weighted by atomic mass is 16.5. The van der Waals surface area contributed by atoms with Crippen molar-refractivity contribution in [3.63, 3.8) is 0 Å². The van der Waals surface area contributed by atoms with Crippen LogP contribution in [0.25, 0.3) is 0 Å². The molecule has 0 aliphatic carbocycles. The summed E-state index contributed by atoms with van der Waals surface area (Å²) < 4.78 is 4.71. The van der Waals surface area contributed by atoms with Crippen LogP contribution in [0.5, 0.6) is 0 Å². The molecule has 1 atom stereocenters. The predicted molar refractivity (Wildman–Crippen MR) is 45.0 cm³/mol. The molecule has 0 aliphatic rings. The van der Waals surface area contributed by atoms with E-state index in [-0.39, 0.29) is 6.03 Å². The number of hydrogen-bond acceptors (Lipinski definition) is 3. The van der Waals surface area contributed by atoms with Gasteiger partial charge in [-0.05, 0) is 6.42 Å². The number of carbonyl (C=O) groups is 1. The third-order valence-corrected chi connectivity index (χ3v) is 1.35. The van der Waals surface area contributed by atoms with E-state index in [2.05, 4.69) is 10.6 Å². The van der Waals surface area contributed by atoms with Crippen molar-refractivity contribution >= 4 is 6.03 Å². The number of ether oxygens (including phenoxy) is 1. The van der Waals surface area contributed by atoms with Gasteiger partial charge in [-0.2, -0.15) is 0 Å². The van der Waals surface area contributed by atoms with Gasteiger partial charge in [0.15, 0.2) is 0 Å². The number of carbonyl (C=O) groups excluding carboxylic acids is 1. The third kappa shape index (κ3) is 5.94. The first-order valence-corrected chi connectivity index (χ1v) is 3.83. The Labute approximate surface area is 72.1 Å². The van der Waals surface area contributed by atoms with Gasteiger partial charge in [-0.3, -0.25) is 0 Å². The molecule has 72 valence electrons. The van der Waals surface area contributed by atoms with Crippen molar-refractivity contribution in [1.29, 1.82) is 0 Å². The van der Waals surface area contributed by atoms with Gasteiger partial charge in [0.25, 0.3) is 0 Å². The van der Waals surface area contributed by atoms with Crippen LogP contribution in [0.15, 0.2) is 0 Å². The number of urea groups is 1. The van der Waals surface area contributed by atoms with Gasteiger partial charge in [0, 0.05) is 20.7 Å². The van der Waals surface area contributed by atoms with Crippen LogP contribution in [0.3, 0.4) is 0 Å². The molecule has 0 bridgehead atoms. The minimum atomic E-state index is -0.507. The molecule has 0 heterocycles. The summed E-state index contributed by atoms with van der Waals surface area (Å²) in [5.74, 6) is 0. The Bertz CT molecular complexity index is 130. The van der Waals surface area contributed by atoms with Crippen molar-refractivity contribution < 1.29 is 14.6 Å². The normalized spacial score (nSPS) is 12.2. The zero-order chi connectivity index (χ0) is 9.40. The molecule has 0 spiro atoms. The van der Waals surface area contributed by atoms with Crippen LogP contribution in [0, 0.1) is 0 Å². The van der Waals surface area contributed by atoms with E-state index in [0.717, 1.165) is 0 Å². The zero-order valence-corrected chi connectivity index (χ0v) is 7.46. The Balaban J connectivity index is 3.24. The van der Waals surface area contributed by atoms with Crippen LogP contribution >= 0.6 is 0 Å². The molecule has 0 aromatic rings. The maximum atomic E-state index is 10.6. The molecule has 0 radical (unpaired) electrons. The molecule has 1 unspecified atom stereocenters. The monoisotopic (exact) mass is 176 g/mol. The molecule has 2 amide bonds. The van der Waals surface area contributed by atoms with Crippen molar-refractivity contribution in [2.75, 3.05) is 27.3 Å². The maximum Gasteiger partial charge on any atom is 0.314 e. The fraction of sp³-hybridized carbons (Fsp3) is 0.857. The number of methoxy groups -OCH3 is 1. The van der Waals surface area contributed by atoms with Crippen LogP contribution in [-0.4, -0.2) is 44.6 Å². The van der Waals surface area contributed by atoms with Crippen molar-refractivity contribution in [1.82, 2.24) is 10.6 Å². The van der Waals surface area contributed by atoms with E-state index >= 15 is 0 Å². The van der Waals surface area contributed by atoms with Crippen LogP contribution in [-0.2, 0) is 4.74 Å². The average Bonchev–Trinajstić information content (AvgIpc) is 2.04. The van der Waals surface area contributed by atoms with E-state index in [1.54, 1.807) is 7.05 Å².